The lowest BCUT2D eigenvalue weighted by atomic mass is 10.2. The maximum atomic E-state index is 11.9. The summed E-state index contributed by atoms with van der Waals surface area (Å²) in [6.45, 7) is 0.806. The van der Waals surface area contributed by atoms with Gasteiger partial charge in [-0.2, -0.15) is 0 Å². The topological polar surface area (TPSA) is 95.1 Å². The second kappa shape index (κ2) is 6.83. The van der Waals surface area contributed by atoms with Crippen molar-refractivity contribution in [3.63, 3.8) is 0 Å². The summed E-state index contributed by atoms with van der Waals surface area (Å²) in [7, 11) is 0. The minimum atomic E-state index is -0.705. The number of hydrogen-bond donors (Lipinski definition) is 2. The minimum Gasteiger partial charge on any atom is -0.454 e. The van der Waals surface area contributed by atoms with E-state index in [1.807, 2.05) is 0 Å². The molecule has 0 saturated carbocycles. The molecule has 0 bridgehead atoms. The number of benzene rings is 2. The van der Waals surface area contributed by atoms with Crippen LogP contribution in [0, 0.1) is 0 Å². The van der Waals surface area contributed by atoms with E-state index in [9.17, 15) is 9.59 Å². The van der Waals surface area contributed by atoms with E-state index < -0.39 is 11.8 Å². The van der Waals surface area contributed by atoms with Crippen LogP contribution in [-0.2, 0) is 22.7 Å². The van der Waals surface area contributed by atoms with E-state index in [1.54, 1.807) is 36.4 Å². The van der Waals surface area contributed by atoms with Gasteiger partial charge in [0, 0.05) is 13.1 Å². The van der Waals surface area contributed by atoms with E-state index in [1.165, 1.54) is 0 Å². The maximum Gasteiger partial charge on any atom is 0.309 e. The molecule has 134 valence electrons. The Labute approximate surface area is 149 Å². The van der Waals surface area contributed by atoms with Gasteiger partial charge in [0.1, 0.15) is 0 Å². The molecule has 26 heavy (non-hydrogen) atoms. The monoisotopic (exact) mass is 356 g/mol. The number of carbonyl (C=O) groups is 2. The van der Waals surface area contributed by atoms with Crippen LogP contribution in [-0.4, -0.2) is 25.4 Å². The Morgan fingerprint density at radius 2 is 1.12 bits per heavy atom. The summed E-state index contributed by atoms with van der Waals surface area (Å²) in [6, 6.07) is 10.7. The molecule has 2 aliphatic rings. The molecule has 2 aliphatic heterocycles. The van der Waals surface area contributed by atoms with E-state index in [2.05, 4.69) is 10.6 Å². The van der Waals surface area contributed by atoms with Crippen molar-refractivity contribution in [2.24, 2.45) is 0 Å². The lowest BCUT2D eigenvalue weighted by Gasteiger charge is -2.08. The molecule has 8 nitrogen and oxygen atoms in total. The minimum absolute atomic E-state index is 0.188. The largest absolute Gasteiger partial charge is 0.454 e. The Hall–Kier alpha value is -3.42. The van der Waals surface area contributed by atoms with Crippen molar-refractivity contribution in [3.05, 3.63) is 47.5 Å². The Morgan fingerprint density at radius 3 is 1.58 bits per heavy atom. The van der Waals surface area contributed by atoms with Crippen molar-refractivity contribution in [2.45, 2.75) is 13.1 Å². The number of ether oxygens (including phenoxy) is 4. The van der Waals surface area contributed by atoms with Gasteiger partial charge in [0.05, 0.1) is 0 Å². The van der Waals surface area contributed by atoms with Crippen molar-refractivity contribution < 1.29 is 28.5 Å². The number of hydrogen-bond acceptors (Lipinski definition) is 6. The molecule has 0 radical (unpaired) electrons. The predicted octanol–water partition coefficient (Wildman–Crippen LogP) is 1.08. The van der Waals surface area contributed by atoms with Gasteiger partial charge in [0.25, 0.3) is 0 Å². The molecule has 0 aliphatic carbocycles. The van der Waals surface area contributed by atoms with Gasteiger partial charge in [-0.1, -0.05) is 12.1 Å². The first-order valence-corrected chi connectivity index (χ1v) is 8.02. The summed E-state index contributed by atoms with van der Waals surface area (Å²) in [5.74, 6) is 1.18. The van der Waals surface area contributed by atoms with Crippen LogP contribution in [0.3, 0.4) is 0 Å². The van der Waals surface area contributed by atoms with Crippen molar-refractivity contribution in [2.75, 3.05) is 13.6 Å². The van der Waals surface area contributed by atoms with Gasteiger partial charge in [0.2, 0.25) is 13.6 Å². The average Bonchev–Trinajstić information content (AvgIpc) is 3.31. The van der Waals surface area contributed by atoms with Crippen molar-refractivity contribution in [1.29, 1.82) is 0 Å². The number of amides is 2. The van der Waals surface area contributed by atoms with Gasteiger partial charge >= 0.3 is 11.8 Å². The maximum absolute atomic E-state index is 11.9. The molecule has 0 atom stereocenters. The van der Waals surface area contributed by atoms with Crippen molar-refractivity contribution >= 4 is 11.8 Å². The highest BCUT2D eigenvalue weighted by Gasteiger charge is 2.17. The van der Waals surface area contributed by atoms with Crippen LogP contribution in [0.2, 0.25) is 0 Å². The molecular formula is C18H16N2O6. The zero-order valence-electron chi connectivity index (χ0n) is 13.7. The number of nitrogens with one attached hydrogen (secondary N) is 2. The van der Waals surface area contributed by atoms with Gasteiger partial charge in [-0.3, -0.25) is 9.59 Å². The predicted molar refractivity (Wildman–Crippen MR) is 88.8 cm³/mol. The zero-order chi connectivity index (χ0) is 17.9. The van der Waals surface area contributed by atoms with Crippen LogP contribution in [0.15, 0.2) is 36.4 Å². The Morgan fingerprint density at radius 1 is 0.692 bits per heavy atom. The fraction of sp³-hybridized carbons (Fsp3) is 0.222. The van der Waals surface area contributed by atoms with Gasteiger partial charge < -0.3 is 29.6 Å². The van der Waals surface area contributed by atoms with E-state index in [0.29, 0.717) is 23.0 Å². The second-order valence-electron chi connectivity index (χ2n) is 5.74. The first-order chi connectivity index (χ1) is 12.7. The molecule has 0 unspecified atom stereocenters. The van der Waals surface area contributed by atoms with E-state index in [0.717, 1.165) is 11.1 Å². The van der Waals surface area contributed by atoms with Gasteiger partial charge in [-0.05, 0) is 35.4 Å². The Kier molecular flexibility index (Phi) is 4.22. The summed E-state index contributed by atoms with van der Waals surface area (Å²) in [5.41, 5.74) is 1.62. The van der Waals surface area contributed by atoms with Crippen LogP contribution in [0.25, 0.3) is 0 Å². The highest BCUT2D eigenvalue weighted by molar-refractivity contribution is 6.35. The lowest BCUT2D eigenvalue weighted by Crippen LogP contribution is -2.39. The molecule has 0 saturated heterocycles. The van der Waals surface area contributed by atoms with Crippen LogP contribution in [0.1, 0.15) is 11.1 Å². The molecule has 0 spiro atoms. The fourth-order valence-electron chi connectivity index (χ4n) is 2.63. The second-order valence-corrected chi connectivity index (χ2v) is 5.74. The highest BCUT2D eigenvalue weighted by atomic mass is 16.7. The first kappa shape index (κ1) is 16.1. The van der Waals surface area contributed by atoms with Crippen LogP contribution >= 0.6 is 0 Å². The van der Waals surface area contributed by atoms with Crippen molar-refractivity contribution in [1.82, 2.24) is 10.6 Å². The molecule has 0 aromatic heterocycles. The quantitative estimate of drug-likeness (QED) is 0.796. The van der Waals surface area contributed by atoms with Gasteiger partial charge in [-0.15, -0.1) is 0 Å². The third kappa shape index (κ3) is 3.34. The molecular weight excluding hydrogens is 340 g/mol. The summed E-state index contributed by atoms with van der Waals surface area (Å²) in [5, 5.41) is 5.15. The molecule has 2 heterocycles. The fourth-order valence-corrected chi connectivity index (χ4v) is 2.63. The number of rotatable bonds is 4. The molecule has 2 aromatic carbocycles. The summed E-state index contributed by atoms with van der Waals surface area (Å²) in [6.07, 6.45) is 0. The number of fused-ring (bicyclic) bond motifs is 2. The molecule has 4 rings (SSSR count). The third-order valence-corrected chi connectivity index (χ3v) is 3.99. The smallest absolute Gasteiger partial charge is 0.309 e. The standard InChI is InChI=1S/C18H16N2O6/c21-17(19-7-11-1-3-13-15(5-11)25-9-23-13)18(22)20-8-12-2-4-14-16(6-12)26-10-24-14/h1-6H,7-10H2,(H,19,21)(H,20,22). The summed E-state index contributed by atoms with van der Waals surface area (Å²) < 4.78 is 21.0. The normalized spacial score (nSPS) is 13.4. The summed E-state index contributed by atoms with van der Waals surface area (Å²) in [4.78, 5) is 23.9. The number of carbonyl (C=O) groups excluding carboxylic acids is 2. The summed E-state index contributed by atoms with van der Waals surface area (Å²) >= 11 is 0. The molecule has 2 amide bonds. The Bertz CT molecular complexity index is 795. The van der Waals surface area contributed by atoms with Crippen LogP contribution in [0.4, 0.5) is 0 Å². The lowest BCUT2D eigenvalue weighted by molar-refractivity contribution is -0.139. The van der Waals surface area contributed by atoms with E-state index in [-0.39, 0.29) is 26.7 Å². The van der Waals surface area contributed by atoms with Gasteiger partial charge in [0.15, 0.2) is 23.0 Å². The molecule has 2 N–H and O–H groups in total. The van der Waals surface area contributed by atoms with E-state index in [4.69, 9.17) is 18.9 Å². The Balaban J connectivity index is 1.27. The molecule has 8 heteroatoms. The molecule has 0 fully saturated rings. The van der Waals surface area contributed by atoms with Gasteiger partial charge in [-0.25, -0.2) is 0 Å². The first-order valence-electron chi connectivity index (χ1n) is 8.02. The molecule has 2 aromatic rings. The van der Waals surface area contributed by atoms with E-state index >= 15 is 0 Å². The highest BCUT2D eigenvalue weighted by Crippen LogP contribution is 2.33. The van der Waals surface area contributed by atoms with Crippen LogP contribution in [0.5, 0.6) is 23.0 Å². The average molecular weight is 356 g/mol. The third-order valence-electron chi connectivity index (χ3n) is 3.99. The SMILES string of the molecule is O=C(NCc1ccc2c(c1)OCO2)C(=O)NCc1ccc2c(c1)OCO2. The zero-order valence-corrected chi connectivity index (χ0v) is 13.7. The van der Waals surface area contributed by atoms with Crippen LogP contribution < -0.4 is 29.6 Å². The van der Waals surface area contributed by atoms with Crippen molar-refractivity contribution in [3.8, 4) is 23.0 Å².